The first-order chi connectivity index (χ1) is 13.4. The summed E-state index contributed by atoms with van der Waals surface area (Å²) in [6.07, 6.45) is 3.91. The number of aromatic nitrogens is 2. The van der Waals surface area contributed by atoms with Gasteiger partial charge < -0.3 is 0 Å². The van der Waals surface area contributed by atoms with Crippen LogP contribution in [0.1, 0.15) is 38.2 Å². The lowest BCUT2D eigenvalue weighted by atomic mass is 10.2. The van der Waals surface area contributed by atoms with Gasteiger partial charge >= 0.3 is 0 Å². The van der Waals surface area contributed by atoms with Gasteiger partial charge in [-0.3, -0.25) is 9.36 Å². The van der Waals surface area contributed by atoms with Crippen LogP contribution in [0.3, 0.4) is 0 Å². The van der Waals surface area contributed by atoms with E-state index in [2.05, 4.69) is 16.6 Å². The van der Waals surface area contributed by atoms with E-state index in [1.54, 1.807) is 48.5 Å². The molecule has 1 heterocycles. The average molecular weight is 400 g/mol. The van der Waals surface area contributed by atoms with Crippen molar-refractivity contribution in [1.29, 1.82) is 0 Å². The zero-order valence-electron chi connectivity index (χ0n) is 16.2. The molecule has 0 saturated heterocycles. The first-order valence-electron chi connectivity index (χ1n) is 9.51. The third-order valence-electron chi connectivity index (χ3n) is 4.65. The van der Waals surface area contributed by atoms with Gasteiger partial charge in [-0.05, 0) is 37.6 Å². The molecule has 0 aliphatic heterocycles. The van der Waals surface area contributed by atoms with Gasteiger partial charge in [-0.2, -0.15) is 0 Å². The van der Waals surface area contributed by atoms with Crippen LogP contribution in [0, 0.1) is 6.92 Å². The third kappa shape index (κ3) is 4.42. The second kappa shape index (κ2) is 8.56. The summed E-state index contributed by atoms with van der Waals surface area (Å²) in [4.78, 5) is 17.5. The van der Waals surface area contributed by atoms with E-state index in [0.29, 0.717) is 17.4 Å². The second-order valence-corrected chi connectivity index (χ2v) is 8.57. The molecule has 2 aromatic carbocycles. The molecule has 3 aromatic rings. The normalized spacial score (nSPS) is 11.6. The molecule has 1 aromatic heterocycles. The van der Waals surface area contributed by atoms with Crippen molar-refractivity contribution < 1.29 is 8.42 Å². The molecule has 0 fully saturated rings. The number of unbranched alkanes of at least 4 members (excludes halogenated alkanes) is 3. The number of hydrogen-bond donors (Lipinski definition) is 1. The molecule has 6 nitrogen and oxygen atoms in total. The van der Waals surface area contributed by atoms with Gasteiger partial charge in [0.2, 0.25) is 5.95 Å². The summed E-state index contributed by atoms with van der Waals surface area (Å²) >= 11 is 0. The second-order valence-electron chi connectivity index (χ2n) is 6.89. The molecular formula is C21H25N3O3S. The van der Waals surface area contributed by atoms with Crippen molar-refractivity contribution in [3.8, 4) is 0 Å². The third-order valence-corrected chi connectivity index (χ3v) is 6.00. The Morgan fingerprint density at radius 3 is 2.43 bits per heavy atom. The molecule has 0 amide bonds. The molecule has 0 radical (unpaired) electrons. The first-order valence-corrected chi connectivity index (χ1v) is 11.0. The molecule has 0 aliphatic rings. The van der Waals surface area contributed by atoms with E-state index in [4.69, 9.17) is 0 Å². The van der Waals surface area contributed by atoms with E-state index in [-0.39, 0.29) is 16.4 Å². The SMILES string of the molecule is CCCCCCn1c(NS(=O)(=O)c2ccc(C)cc2)nc2ccccc2c1=O. The highest BCUT2D eigenvalue weighted by molar-refractivity contribution is 7.92. The van der Waals surface area contributed by atoms with Crippen molar-refractivity contribution in [2.24, 2.45) is 0 Å². The zero-order valence-corrected chi connectivity index (χ0v) is 17.0. The predicted octanol–water partition coefficient (Wildman–Crippen LogP) is 4.09. The number of hydrogen-bond acceptors (Lipinski definition) is 4. The molecular weight excluding hydrogens is 374 g/mol. The maximum absolute atomic E-state index is 13.0. The number of nitrogens with zero attached hydrogens (tertiary/aromatic N) is 2. The quantitative estimate of drug-likeness (QED) is 0.579. The summed E-state index contributed by atoms with van der Waals surface area (Å²) in [6.45, 7) is 4.43. The Kier molecular flexibility index (Phi) is 6.14. The monoisotopic (exact) mass is 399 g/mol. The lowest BCUT2D eigenvalue weighted by Crippen LogP contribution is -2.27. The van der Waals surface area contributed by atoms with Crippen molar-refractivity contribution in [3.63, 3.8) is 0 Å². The standard InChI is InChI=1S/C21H25N3O3S/c1-3-4-5-8-15-24-20(25)18-9-6-7-10-19(18)22-21(24)23-28(26,27)17-13-11-16(2)12-14-17/h6-7,9-14H,3-5,8,15H2,1-2H3,(H,22,23). The Bertz CT molecular complexity index is 1120. The lowest BCUT2D eigenvalue weighted by Gasteiger charge is -2.15. The first kappa shape index (κ1) is 20.1. The van der Waals surface area contributed by atoms with Crippen LogP contribution in [-0.2, 0) is 16.6 Å². The van der Waals surface area contributed by atoms with Crippen LogP contribution >= 0.6 is 0 Å². The van der Waals surface area contributed by atoms with Crippen molar-refractivity contribution in [2.75, 3.05) is 4.72 Å². The van der Waals surface area contributed by atoms with E-state index >= 15 is 0 Å². The number of rotatable bonds is 8. The van der Waals surface area contributed by atoms with Gasteiger partial charge in [-0.15, -0.1) is 0 Å². The Labute approximate surface area is 165 Å². The number of nitrogens with one attached hydrogen (secondary N) is 1. The number of benzene rings is 2. The lowest BCUT2D eigenvalue weighted by molar-refractivity contribution is 0.571. The van der Waals surface area contributed by atoms with Gasteiger partial charge in [0.05, 0.1) is 15.8 Å². The van der Waals surface area contributed by atoms with Crippen molar-refractivity contribution in [3.05, 3.63) is 64.4 Å². The minimum absolute atomic E-state index is 0.0563. The summed E-state index contributed by atoms with van der Waals surface area (Å²) in [5.74, 6) is 0.0563. The van der Waals surface area contributed by atoms with E-state index < -0.39 is 10.0 Å². The molecule has 0 saturated carbocycles. The molecule has 3 rings (SSSR count). The highest BCUT2D eigenvalue weighted by Crippen LogP contribution is 2.18. The van der Waals surface area contributed by atoms with Gasteiger partial charge in [0.15, 0.2) is 0 Å². The van der Waals surface area contributed by atoms with Crippen molar-refractivity contribution >= 4 is 26.9 Å². The number of sulfonamides is 1. The zero-order chi connectivity index (χ0) is 20.1. The molecule has 1 N–H and O–H groups in total. The van der Waals surface area contributed by atoms with Gasteiger partial charge in [0.25, 0.3) is 15.6 Å². The molecule has 0 atom stereocenters. The smallest absolute Gasteiger partial charge is 0.264 e. The Balaban J connectivity index is 2.02. The molecule has 28 heavy (non-hydrogen) atoms. The Morgan fingerprint density at radius 1 is 1.00 bits per heavy atom. The number of para-hydroxylation sites is 1. The Hall–Kier alpha value is -2.67. The Morgan fingerprint density at radius 2 is 1.71 bits per heavy atom. The van der Waals surface area contributed by atoms with Crippen LogP contribution in [-0.4, -0.2) is 18.0 Å². The highest BCUT2D eigenvalue weighted by Gasteiger charge is 2.19. The maximum atomic E-state index is 13.0. The molecule has 0 unspecified atom stereocenters. The van der Waals surface area contributed by atoms with Crippen LogP contribution in [0.2, 0.25) is 0 Å². The molecule has 0 spiro atoms. The average Bonchev–Trinajstić information content (AvgIpc) is 2.67. The molecule has 148 valence electrons. The fourth-order valence-electron chi connectivity index (χ4n) is 3.05. The predicted molar refractivity (Wildman–Crippen MR) is 112 cm³/mol. The summed E-state index contributed by atoms with van der Waals surface area (Å²) in [5, 5.41) is 0.483. The van der Waals surface area contributed by atoms with Crippen molar-refractivity contribution in [2.45, 2.75) is 51.0 Å². The van der Waals surface area contributed by atoms with Crippen LogP contribution in [0.4, 0.5) is 5.95 Å². The van der Waals surface area contributed by atoms with Gasteiger partial charge in [0.1, 0.15) is 0 Å². The van der Waals surface area contributed by atoms with Gasteiger partial charge in [-0.1, -0.05) is 56.0 Å². The van der Waals surface area contributed by atoms with E-state index in [1.807, 2.05) is 6.92 Å². The molecule has 7 heteroatoms. The summed E-state index contributed by atoms with van der Waals surface area (Å²) in [7, 11) is -3.85. The maximum Gasteiger partial charge on any atom is 0.264 e. The fourth-order valence-corrected chi connectivity index (χ4v) is 4.06. The fraction of sp³-hybridized carbons (Fsp3) is 0.333. The van der Waals surface area contributed by atoms with Crippen LogP contribution in [0.5, 0.6) is 0 Å². The topological polar surface area (TPSA) is 81.1 Å². The van der Waals surface area contributed by atoms with E-state index in [9.17, 15) is 13.2 Å². The van der Waals surface area contributed by atoms with E-state index in [0.717, 1.165) is 31.2 Å². The van der Waals surface area contributed by atoms with Crippen molar-refractivity contribution in [1.82, 2.24) is 9.55 Å². The largest absolute Gasteiger partial charge is 0.278 e. The van der Waals surface area contributed by atoms with Gasteiger partial charge in [0, 0.05) is 6.54 Å². The highest BCUT2D eigenvalue weighted by atomic mass is 32.2. The summed E-state index contributed by atoms with van der Waals surface area (Å²) in [6, 6.07) is 13.5. The number of fused-ring (bicyclic) bond motifs is 1. The molecule has 0 aliphatic carbocycles. The summed E-state index contributed by atoms with van der Waals surface area (Å²) < 4.78 is 29.6. The number of aryl methyl sites for hydroxylation is 1. The minimum atomic E-state index is -3.85. The van der Waals surface area contributed by atoms with Crippen LogP contribution in [0.25, 0.3) is 10.9 Å². The minimum Gasteiger partial charge on any atom is -0.278 e. The molecule has 0 bridgehead atoms. The van der Waals surface area contributed by atoms with E-state index in [1.165, 1.54) is 4.57 Å². The number of anilines is 1. The van der Waals surface area contributed by atoms with Gasteiger partial charge in [-0.25, -0.2) is 18.1 Å². The summed E-state index contributed by atoms with van der Waals surface area (Å²) in [5.41, 5.74) is 1.21. The van der Waals surface area contributed by atoms with Crippen LogP contribution in [0.15, 0.2) is 58.2 Å². The van der Waals surface area contributed by atoms with Crippen LogP contribution < -0.4 is 10.3 Å².